The molecule has 2 aliphatic carbocycles. The van der Waals surface area contributed by atoms with Crippen molar-refractivity contribution in [2.75, 3.05) is 5.32 Å². The zero-order valence-electron chi connectivity index (χ0n) is 10.8. The van der Waals surface area contributed by atoms with Crippen LogP contribution in [0, 0.1) is 17.2 Å². The van der Waals surface area contributed by atoms with Gasteiger partial charge in [-0.15, -0.1) is 11.3 Å². The van der Waals surface area contributed by atoms with Crippen LogP contribution >= 0.6 is 11.3 Å². The molecule has 0 saturated heterocycles. The van der Waals surface area contributed by atoms with Gasteiger partial charge in [0.1, 0.15) is 11.1 Å². The van der Waals surface area contributed by atoms with E-state index in [1.165, 1.54) is 11.3 Å². The molecule has 1 amide bonds. The SMILES string of the molecule is N#Cc1c(NC(=O)C2CC2)sc2c1C(C(=O)O)CCC2. The number of nitrogens with zero attached hydrogens (tertiary/aromatic N) is 1. The first-order valence-electron chi connectivity index (χ1n) is 6.71. The minimum atomic E-state index is -0.889. The van der Waals surface area contributed by atoms with Crippen molar-refractivity contribution < 1.29 is 14.7 Å². The largest absolute Gasteiger partial charge is 0.481 e. The standard InChI is InChI=1S/C14H14N2O3S/c15-6-9-11-8(14(18)19)2-1-3-10(11)20-13(9)16-12(17)7-4-5-7/h7-8H,1-5H2,(H,16,17)(H,18,19). The van der Waals surface area contributed by atoms with Crippen molar-refractivity contribution >= 4 is 28.2 Å². The van der Waals surface area contributed by atoms with Gasteiger partial charge in [-0.25, -0.2) is 0 Å². The number of carbonyl (C=O) groups is 2. The minimum Gasteiger partial charge on any atom is -0.481 e. The average Bonchev–Trinajstić information content (AvgIpc) is 3.20. The van der Waals surface area contributed by atoms with Crippen LogP contribution in [0.5, 0.6) is 0 Å². The van der Waals surface area contributed by atoms with Gasteiger partial charge in [0.05, 0.1) is 11.5 Å². The summed E-state index contributed by atoms with van der Waals surface area (Å²) in [5, 5.41) is 22.0. The van der Waals surface area contributed by atoms with Crippen LogP contribution in [0.25, 0.3) is 0 Å². The van der Waals surface area contributed by atoms with Crippen molar-refractivity contribution in [3.05, 3.63) is 16.0 Å². The molecule has 1 aromatic rings. The summed E-state index contributed by atoms with van der Waals surface area (Å²) in [6.07, 6.45) is 3.96. The fourth-order valence-corrected chi connectivity index (χ4v) is 3.92. The molecule has 0 aliphatic heterocycles. The van der Waals surface area contributed by atoms with E-state index in [1.54, 1.807) is 0 Å². The minimum absolute atomic E-state index is 0.0491. The molecule has 0 bridgehead atoms. The van der Waals surface area contributed by atoms with Crippen LogP contribution in [0.15, 0.2) is 0 Å². The van der Waals surface area contributed by atoms with E-state index < -0.39 is 11.9 Å². The van der Waals surface area contributed by atoms with Crippen LogP contribution in [-0.2, 0) is 16.0 Å². The van der Waals surface area contributed by atoms with Crippen LogP contribution < -0.4 is 5.32 Å². The molecular formula is C14H14N2O3S. The highest BCUT2D eigenvalue weighted by Gasteiger charge is 2.35. The van der Waals surface area contributed by atoms with Crippen molar-refractivity contribution in [1.29, 1.82) is 5.26 Å². The zero-order valence-corrected chi connectivity index (χ0v) is 11.6. The second-order valence-corrected chi connectivity index (χ2v) is 6.41. The quantitative estimate of drug-likeness (QED) is 0.894. The third kappa shape index (κ3) is 2.18. The Morgan fingerprint density at radius 2 is 2.10 bits per heavy atom. The van der Waals surface area contributed by atoms with Gasteiger partial charge < -0.3 is 10.4 Å². The maximum Gasteiger partial charge on any atom is 0.311 e. The van der Waals surface area contributed by atoms with Crippen LogP contribution in [0.2, 0.25) is 0 Å². The van der Waals surface area contributed by atoms with Gasteiger partial charge >= 0.3 is 5.97 Å². The number of carboxylic acid groups (broad SMARTS) is 1. The first-order chi connectivity index (χ1) is 9.61. The summed E-state index contributed by atoms with van der Waals surface area (Å²) in [4.78, 5) is 24.1. The first-order valence-corrected chi connectivity index (χ1v) is 7.52. The Labute approximate surface area is 120 Å². The lowest BCUT2D eigenvalue weighted by Crippen LogP contribution is -2.18. The maximum absolute atomic E-state index is 11.8. The summed E-state index contributed by atoms with van der Waals surface area (Å²) in [5.41, 5.74) is 0.980. The van der Waals surface area contributed by atoms with Crippen LogP contribution in [0.3, 0.4) is 0 Å². The molecule has 0 spiro atoms. The topological polar surface area (TPSA) is 90.2 Å². The van der Waals surface area contributed by atoms with E-state index in [1.807, 2.05) is 0 Å². The highest BCUT2D eigenvalue weighted by molar-refractivity contribution is 7.16. The predicted octanol–water partition coefficient (Wildman–Crippen LogP) is 2.47. The maximum atomic E-state index is 11.8. The number of fused-ring (bicyclic) bond motifs is 1. The number of rotatable bonds is 3. The predicted molar refractivity (Wildman–Crippen MR) is 73.7 cm³/mol. The second-order valence-electron chi connectivity index (χ2n) is 5.30. The van der Waals surface area contributed by atoms with Gasteiger partial charge in [-0.3, -0.25) is 9.59 Å². The molecular weight excluding hydrogens is 276 g/mol. The average molecular weight is 290 g/mol. The van der Waals surface area contributed by atoms with Gasteiger partial charge in [0.2, 0.25) is 5.91 Å². The summed E-state index contributed by atoms with van der Waals surface area (Å²) in [6, 6.07) is 2.09. The van der Waals surface area contributed by atoms with E-state index in [4.69, 9.17) is 0 Å². The lowest BCUT2D eigenvalue weighted by Gasteiger charge is -2.18. The molecule has 1 saturated carbocycles. The smallest absolute Gasteiger partial charge is 0.311 e. The Morgan fingerprint density at radius 3 is 2.70 bits per heavy atom. The van der Waals surface area contributed by atoms with E-state index in [0.29, 0.717) is 22.5 Å². The van der Waals surface area contributed by atoms with Crippen molar-refractivity contribution in [3.63, 3.8) is 0 Å². The molecule has 20 heavy (non-hydrogen) atoms. The van der Waals surface area contributed by atoms with Crippen molar-refractivity contribution in [3.8, 4) is 6.07 Å². The lowest BCUT2D eigenvalue weighted by atomic mass is 9.85. The number of carbonyl (C=O) groups excluding carboxylic acids is 1. The Balaban J connectivity index is 1.98. The molecule has 2 aliphatic rings. The first kappa shape index (κ1) is 13.1. The van der Waals surface area contributed by atoms with Crippen molar-refractivity contribution in [2.24, 2.45) is 5.92 Å². The number of hydrogen-bond acceptors (Lipinski definition) is 4. The van der Waals surface area contributed by atoms with E-state index in [0.717, 1.165) is 30.6 Å². The van der Waals surface area contributed by atoms with E-state index in [9.17, 15) is 20.0 Å². The molecule has 5 nitrogen and oxygen atoms in total. The molecule has 1 aromatic heterocycles. The molecule has 3 rings (SSSR count). The molecule has 1 unspecified atom stereocenters. The zero-order chi connectivity index (χ0) is 14.3. The van der Waals surface area contributed by atoms with Gasteiger partial charge in [-0.2, -0.15) is 5.26 Å². The van der Waals surface area contributed by atoms with Gasteiger partial charge in [-0.1, -0.05) is 0 Å². The van der Waals surface area contributed by atoms with E-state index in [2.05, 4.69) is 11.4 Å². The van der Waals surface area contributed by atoms with Gasteiger partial charge in [-0.05, 0) is 32.1 Å². The Morgan fingerprint density at radius 1 is 1.35 bits per heavy atom. The molecule has 0 aromatic carbocycles. The Bertz CT molecular complexity index is 625. The summed E-state index contributed by atoms with van der Waals surface area (Å²) >= 11 is 1.36. The number of nitriles is 1. The van der Waals surface area contributed by atoms with Crippen LogP contribution in [0.1, 0.15) is 47.6 Å². The number of hydrogen-bond donors (Lipinski definition) is 2. The molecule has 104 valence electrons. The lowest BCUT2D eigenvalue weighted by molar-refractivity contribution is -0.139. The molecule has 1 fully saturated rings. The normalized spacial score (nSPS) is 20.9. The van der Waals surface area contributed by atoms with E-state index >= 15 is 0 Å². The number of nitrogens with one attached hydrogen (secondary N) is 1. The van der Waals surface area contributed by atoms with Gasteiger partial charge in [0.25, 0.3) is 0 Å². The third-order valence-corrected chi connectivity index (χ3v) is 5.04. The monoisotopic (exact) mass is 290 g/mol. The van der Waals surface area contributed by atoms with Gasteiger partial charge in [0.15, 0.2) is 0 Å². The highest BCUT2D eigenvalue weighted by Crippen LogP contribution is 2.44. The number of anilines is 1. The molecule has 6 heteroatoms. The summed E-state index contributed by atoms with van der Waals surface area (Å²) < 4.78 is 0. The molecule has 1 heterocycles. The van der Waals surface area contributed by atoms with Crippen molar-refractivity contribution in [2.45, 2.75) is 38.0 Å². The summed E-state index contributed by atoms with van der Waals surface area (Å²) in [7, 11) is 0. The second kappa shape index (κ2) is 4.91. The molecule has 2 N–H and O–H groups in total. The summed E-state index contributed by atoms with van der Waals surface area (Å²) in [5.74, 6) is -1.49. The van der Waals surface area contributed by atoms with Gasteiger partial charge in [0, 0.05) is 16.4 Å². The Kier molecular flexibility index (Phi) is 3.22. The molecule has 1 atom stereocenters. The number of aryl methyl sites for hydroxylation is 1. The number of thiophene rings is 1. The van der Waals surface area contributed by atoms with E-state index in [-0.39, 0.29) is 11.8 Å². The number of amides is 1. The van der Waals surface area contributed by atoms with Crippen molar-refractivity contribution in [1.82, 2.24) is 0 Å². The summed E-state index contributed by atoms with van der Waals surface area (Å²) in [6.45, 7) is 0. The highest BCUT2D eigenvalue weighted by atomic mass is 32.1. The number of aliphatic carboxylic acids is 1. The number of carboxylic acids is 1. The third-order valence-electron chi connectivity index (χ3n) is 3.86. The molecule has 0 radical (unpaired) electrons. The fraction of sp³-hybridized carbons (Fsp3) is 0.500. The fourth-order valence-electron chi connectivity index (χ4n) is 2.66. The van der Waals surface area contributed by atoms with Crippen LogP contribution in [0.4, 0.5) is 5.00 Å². The van der Waals surface area contributed by atoms with Crippen LogP contribution in [-0.4, -0.2) is 17.0 Å². The Hall–Kier alpha value is -1.87.